The predicted molar refractivity (Wildman–Crippen MR) is 117 cm³/mol. The van der Waals surface area contributed by atoms with Gasteiger partial charge in [0.2, 0.25) is 5.95 Å². The Morgan fingerprint density at radius 2 is 1.65 bits per heavy atom. The molecule has 0 saturated heterocycles. The summed E-state index contributed by atoms with van der Waals surface area (Å²) in [5, 5.41) is 6.78. The van der Waals surface area contributed by atoms with E-state index < -0.39 is 11.7 Å². The topological polar surface area (TPSA) is 99.2 Å². The van der Waals surface area contributed by atoms with Gasteiger partial charge in [-0.25, -0.2) is 14.8 Å². The van der Waals surface area contributed by atoms with Crippen molar-refractivity contribution in [3.63, 3.8) is 0 Å². The molecule has 7 nitrogen and oxygen atoms in total. The number of nitrogens with one attached hydrogen (secondary N) is 3. The number of carbonyl (C=O) groups excluding carboxylic acids is 2. The maximum atomic E-state index is 13.2. The molecule has 0 aliphatic carbocycles. The van der Waals surface area contributed by atoms with Crippen LogP contribution in [0.3, 0.4) is 0 Å². The Morgan fingerprint density at radius 1 is 0.903 bits per heavy atom. The summed E-state index contributed by atoms with van der Waals surface area (Å²) in [5.74, 6) is -0.946. The van der Waals surface area contributed by atoms with Crippen molar-refractivity contribution >= 4 is 34.5 Å². The molecule has 0 bridgehead atoms. The minimum Gasteiger partial charge on any atom is -0.324 e. The van der Waals surface area contributed by atoms with E-state index in [9.17, 15) is 14.0 Å². The fourth-order valence-electron chi connectivity index (χ4n) is 2.95. The zero-order valence-electron chi connectivity index (χ0n) is 16.5. The van der Waals surface area contributed by atoms with Crippen LogP contribution in [0.4, 0.5) is 10.3 Å². The molecule has 8 heteroatoms. The summed E-state index contributed by atoms with van der Waals surface area (Å²) in [6, 6.07) is 19.6. The van der Waals surface area contributed by atoms with Gasteiger partial charge in [0.15, 0.2) is 0 Å². The number of nitrogens with zero attached hydrogens (tertiary/aromatic N) is 2. The van der Waals surface area contributed by atoms with Crippen LogP contribution in [-0.4, -0.2) is 27.5 Å². The Bertz CT molecular complexity index is 1260. The monoisotopic (exact) mass is 415 g/mol. The van der Waals surface area contributed by atoms with Crippen LogP contribution in [0.15, 0.2) is 77.9 Å². The number of aromatic amines is 1. The molecule has 0 aliphatic rings. The van der Waals surface area contributed by atoms with Gasteiger partial charge in [0.1, 0.15) is 5.82 Å². The Balaban J connectivity index is 1.41. The van der Waals surface area contributed by atoms with Crippen LogP contribution >= 0.6 is 0 Å². The molecular formula is C23H18FN5O2. The van der Waals surface area contributed by atoms with Crippen molar-refractivity contribution in [1.82, 2.24) is 15.4 Å². The first-order valence-electron chi connectivity index (χ1n) is 9.46. The molecule has 4 aromatic rings. The molecule has 4 rings (SSSR count). The van der Waals surface area contributed by atoms with Gasteiger partial charge in [0.05, 0.1) is 16.7 Å². The van der Waals surface area contributed by atoms with Gasteiger partial charge in [-0.3, -0.25) is 14.9 Å². The number of benzene rings is 3. The van der Waals surface area contributed by atoms with E-state index in [1.54, 1.807) is 31.2 Å². The van der Waals surface area contributed by atoms with Crippen LogP contribution < -0.4 is 10.7 Å². The third kappa shape index (κ3) is 4.64. The van der Waals surface area contributed by atoms with Crippen molar-refractivity contribution < 1.29 is 14.0 Å². The smallest absolute Gasteiger partial charge is 0.271 e. The van der Waals surface area contributed by atoms with Crippen LogP contribution in [-0.2, 0) is 0 Å². The number of fused-ring (bicyclic) bond motifs is 1. The predicted octanol–water partition coefficient (Wildman–Crippen LogP) is 4.11. The first-order valence-corrected chi connectivity index (χ1v) is 9.46. The van der Waals surface area contributed by atoms with Crippen molar-refractivity contribution in [3.05, 3.63) is 95.3 Å². The van der Waals surface area contributed by atoms with E-state index >= 15 is 0 Å². The molecule has 0 radical (unpaired) electrons. The third-order valence-corrected chi connectivity index (χ3v) is 4.60. The maximum absolute atomic E-state index is 13.2. The van der Waals surface area contributed by atoms with Gasteiger partial charge in [0.25, 0.3) is 11.8 Å². The van der Waals surface area contributed by atoms with Crippen molar-refractivity contribution in [3.8, 4) is 0 Å². The number of rotatable bonds is 5. The average Bonchev–Trinajstić information content (AvgIpc) is 3.19. The lowest BCUT2D eigenvalue weighted by atomic mass is 10.1. The number of imidazole rings is 1. The molecule has 154 valence electrons. The summed E-state index contributed by atoms with van der Waals surface area (Å²) in [4.78, 5) is 31.9. The molecule has 3 N–H and O–H groups in total. The second-order valence-corrected chi connectivity index (χ2v) is 6.78. The van der Waals surface area contributed by atoms with Crippen LogP contribution in [0.1, 0.15) is 33.2 Å². The zero-order valence-corrected chi connectivity index (χ0v) is 16.5. The number of halogens is 1. The van der Waals surface area contributed by atoms with E-state index in [0.717, 1.165) is 22.7 Å². The number of aromatic nitrogens is 2. The molecule has 31 heavy (non-hydrogen) atoms. The minimum atomic E-state index is -0.513. The number of hydrogen-bond acceptors (Lipinski definition) is 4. The summed E-state index contributed by atoms with van der Waals surface area (Å²) < 4.78 is 13.2. The lowest BCUT2D eigenvalue weighted by molar-refractivity contribution is 0.0953. The van der Waals surface area contributed by atoms with E-state index in [1.165, 1.54) is 18.2 Å². The lowest BCUT2D eigenvalue weighted by Crippen LogP contribution is -2.19. The molecule has 0 aliphatic heterocycles. The van der Waals surface area contributed by atoms with E-state index in [2.05, 4.69) is 25.8 Å². The van der Waals surface area contributed by atoms with Crippen LogP contribution in [0.2, 0.25) is 0 Å². The summed E-state index contributed by atoms with van der Waals surface area (Å²) >= 11 is 0. The maximum Gasteiger partial charge on any atom is 0.271 e. The van der Waals surface area contributed by atoms with Crippen molar-refractivity contribution in [2.24, 2.45) is 5.10 Å². The highest BCUT2D eigenvalue weighted by Gasteiger charge is 2.10. The average molecular weight is 415 g/mol. The number of H-pyrrole nitrogens is 1. The van der Waals surface area contributed by atoms with Crippen LogP contribution in [0, 0.1) is 5.82 Å². The van der Waals surface area contributed by atoms with E-state index in [-0.39, 0.29) is 11.5 Å². The molecule has 0 fully saturated rings. The molecule has 1 heterocycles. The summed E-state index contributed by atoms with van der Waals surface area (Å²) in [7, 11) is 0. The van der Waals surface area contributed by atoms with Gasteiger partial charge in [-0.1, -0.05) is 30.3 Å². The van der Waals surface area contributed by atoms with E-state index in [1.807, 2.05) is 24.3 Å². The summed E-state index contributed by atoms with van der Waals surface area (Å²) in [6.07, 6.45) is 0. The molecular weight excluding hydrogens is 397 g/mol. The number of hydrogen-bond donors (Lipinski definition) is 3. The Morgan fingerprint density at radius 3 is 2.39 bits per heavy atom. The minimum absolute atomic E-state index is 0.175. The SMILES string of the molecule is C/C(=N\NC(=O)c1cccc(F)c1)c1ccc(C(=O)Nc2nc3ccccc3[nH]2)cc1. The molecule has 0 saturated carbocycles. The first kappa shape index (κ1) is 20.0. The molecule has 0 atom stereocenters. The Labute approximate surface area is 177 Å². The second kappa shape index (κ2) is 8.58. The molecule has 1 aromatic heterocycles. The molecule has 0 unspecified atom stereocenters. The fourth-order valence-corrected chi connectivity index (χ4v) is 2.95. The third-order valence-electron chi connectivity index (χ3n) is 4.60. The number of amides is 2. The van der Waals surface area contributed by atoms with E-state index in [4.69, 9.17) is 0 Å². The number of anilines is 1. The largest absolute Gasteiger partial charge is 0.324 e. The van der Waals surface area contributed by atoms with Crippen LogP contribution in [0.5, 0.6) is 0 Å². The van der Waals surface area contributed by atoms with E-state index in [0.29, 0.717) is 17.2 Å². The summed E-state index contributed by atoms with van der Waals surface area (Å²) in [6.45, 7) is 1.72. The second-order valence-electron chi connectivity index (χ2n) is 6.78. The number of para-hydroxylation sites is 2. The Hall–Kier alpha value is -4.33. The highest BCUT2D eigenvalue weighted by atomic mass is 19.1. The van der Waals surface area contributed by atoms with Gasteiger partial charge in [-0.15, -0.1) is 0 Å². The Kier molecular flexibility index (Phi) is 5.53. The van der Waals surface area contributed by atoms with Gasteiger partial charge < -0.3 is 4.98 Å². The quantitative estimate of drug-likeness (QED) is 0.338. The zero-order chi connectivity index (χ0) is 21.8. The van der Waals surface area contributed by atoms with Gasteiger partial charge in [0, 0.05) is 11.1 Å². The number of hydrazone groups is 1. The summed E-state index contributed by atoms with van der Waals surface area (Å²) in [5.41, 5.74) is 5.87. The van der Waals surface area contributed by atoms with Gasteiger partial charge >= 0.3 is 0 Å². The van der Waals surface area contributed by atoms with Crippen molar-refractivity contribution in [2.45, 2.75) is 6.92 Å². The number of carbonyl (C=O) groups is 2. The van der Waals surface area contributed by atoms with Gasteiger partial charge in [-0.05, 0) is 55.0 Å². The molecule has 3 aromatic carbocycles. The fraction of sp³-hybridized carbons (Fsp3) is 0.0435. The standard InChI is InChI=1S/C23H18FN5O2/c1-14(28-29-22(31)17-5-4-6-18(24)13-17)15-9-11-16(12-10-15)21(30)27-23-25-19-7-2-3-8-20(19)26-23/h2-13H,1H3,(H,29,31)(H2,25,26,27,30)/b28-14+. The van der Waals surface area contributed by atoms with Crippen molar-refractivity contribution in [2.75, 3.05) is 5.32 Å². The van der Waals surface area contributed by atoms with Crippen LogP contribution in [0.25, 0.3) is 11.0 Å². The molecule has 0 spiro atoms. The van der Waals surface area contributed by atoms with Crippen molar-refractivity contribution in [1.29, 1.82) is 0 Å². The lowest BCUT2D eigenvalue weighted by Gasteiger charge is -2.05. The normalized spacial score (nSPS) is 11.4. The molecule has 2 amide bonds. The highest BCUT2D eigenvalue weighted by molar-refractivity contribution is 6.05. The highest BCUT2D eigenvalue weighted by Crippen LogP contribution is 2.14. The first-order chi connectivity index (χ1) is 15.0. The van der Waals surface area contributed by atoms with Gasteiger partial charge in [-0.2, -0.15) is 5.10 Å².